The van der Waals surface area contributed by atoms with Gasteiger partial charge in [-0.25, -0.2) is 9.97 Å². The molecule has 2 aromatic heterocycles. The van der Waals surface area contributed by atoms with Crippen molar-refractivity contribution < 1.29 is 9.90 Å². The molecule has 3 heterocycles. The van der Waals surface area contributed by atoms with Gasteiger partial charge < -0.3 is 15.7 Å². The van der Waals surface area contributed by atoms with Crippen LogP contribution < -0.4 is 10.6 Å². The molecule has 1 fully saturated rings. The maximum absolute atomic E-state index is 11.9. The van der Waals surface area contributed by atoms with Gasteiger partial charge in [-0.3, -0.25) is 4.79 Å². The summed E-state index contributed by atoms with van der Waals surface area (Å²) in [5.74, 6) is 0.856. The van der Waals surface area contributed by atoms with Crippen LogP contribution in [0.5, 0.6) is 0 Å². The van der Waals surface area contributed by atoms with Crippen LogP contribution in [-0.2, 0) is 4.79 Å². The van der Waals surface area contributed by atoms with E-state index >= 15 is 0 Å². The number of amides is 1. The molecule has 0 radical (unpaired) electrons. The molecule has 1 saturated heterocycles. The number of β-amino-alcohol motifs (C(OH)–C–C–N with tert-alkyl or cyclic N) is 1. The second-order valence-electron chi connectivity index (χ2n) is 6.25. The lowest BCUT2D eigenvalue weighted by Gasteiger charge is -2.24. The van der Waals surface area contributed by atoms with E-state index in [1.165, 1.54) is 0 Å². The molecule has 128 valence electrons. The van der Waals surface area contributed by atoms with Crippen molar-refractivity contribution in [3.63, 3.8) is 0 Å². The van der Waals surface area contributed by atoms with E-state index in [0.717, 1.165) is 21.3 Å². The Morgan fingerprint density at radius 3 is 2.80 bits per heavy atom. The van der Waals surface area contributed by atoms with Gasteiger partial charge in [-0.15, -0.1) is 11.3 Å². The largest absolute Gasteiger partial charge is 0.391 e. The van der Waals surface area contributed by atoms with Crippen LogP contribution in [0.4, 0.5) is 5.82 Å². The van der Waals surface area contributed by atoms with E-state index in [1.54, 1.807) is 11.3 Å². The second kappa shape index (κ2) is 6.09. The zero-order chi connectivity index (χ0) is 17.6. The fraction of sp³-hybridized carbons (Fsp3) is 0.278. The number of aliphatic hydroxyl groups excluding tert-OH is 1. The van der Waals surface area contributed by atoms with Gasteiger partial charge in [0.1, 0.15) is 22.5 Å². The van der Waals surface area contributed by atoms with Crippen LogP contribution in [0.1, 0.15) is 12.2 Å². The monoisotopic (exact) mass is 354 g/mol. The van der Waals surface area contributed by atoms with E-state index in [0.29, 0.717) is 24.6 Å². The first-order valence-electron chi connectivity index (χ1n) is 8.10. The number of thiophene rings is 1. The van der Waals surface area contributed by atoms with Gasteiger partial charge in [-0.1, -0.05) is 30.3 Å². The highest BCUT2D eigenvalue weighted by Gasteiger charge is 2.37. The Labute approximate surface area is 148 Å². The molecule has 1 aliphatic heterocycles. The van der Waals surface area contributed by atoms with Crippen LogP contribution >= 0.6 is 11.3 Å². The lowest BCUT2D eigenvalue weighted by molar-refractivity contribution is -0.119. The van der Waals surface area contributed by atoms with Gasteiger partial charge in [0.15, 0.2) is 0 Å². The van der Waals surface area contributed by atoms with E-state index in [4.69, 9.17) is 5.73 Å². The Morgan fingerprint density at radius 2 is 2.08 bits per heavy atom. The minimum atomic E-state index is -0.596. The first-order chi connectivity index (χ1) is 12.0. The number of benzene rings is 1. The molecule has 25 heavy (non-hydrogen) atoms. The quantitative estimate of drug-likeness (QED) is 0.751. The number of aromatic nitrogens is 2. The van der Waals surface area contributed by atoms with Crippen molar-refractivity contribution in [3.05, 3.63) is 41.5 Å². The summed E-state index contributed by atoms with van der Waals surface area (Å²) in [6.07, 6.45) is -0.272. The van der Waals surface area contributed by atoms with E-state index in [2.05, 4.69) is 15.3 Å². The molecular formula is C18H18N4O2S. The first kappa shape index (κ1) is 16.0. The maximum atomic E-state index is 11.9. The molecule has 2 atom stereocenters. The SMILES string of the molecule is Cc1nc(N2CC(O)CC2C(N)=O)c2c(-c3ccccc3)csc2n1. The van der Waals surface area contributed by atoms with Gasteiger partial charge in [0.05, 0.1) is 11.5 Å². The summed E-state index contributed by atoms with van der Waals surface area (Å²) in [5.41, 5.74) is 7.66. The number of primary amides is 1. The Kier molecular flexibility index (Phi) is 3.89. The molecule has 6 nitrogen and oxygen atoms in total. The Bertz CT molecular complexity index is 941. The number of nitrogens with two attached hydrogens (primary N) is 1. The number of rotatable bonds is 3. The predicted octanol–water partition coefficient (Wildman–Crippen LogP) is 2.09. The molecule has 0 spiro atoms. The van der Waals surface area contributed by atoms with Crippen molar-refractivity contribution in [2.24, 2.45) is 5.73 Å². The maximum Gasteiger partial charge on any atom is 0.240 e. The number of nitrogens with zero attached hydrogens (tertiary/aromatic N) is 3. The molecule has 3 N–H and O–H groups in total. The highest BCUT2D eigenvalue weighted by molar-refractivity contribution is 7.17. The van der Waals surface area contributed by atoms with Crippen molar-refractivity contribution >= 4 is 33.3 Å². The summed E-state index contributed by atoms with van der Waals surface area (Å²) in [6.45, 7) is 2.17. The molecule has 1 amide bonds. The number of carbonyl (C=O) groups excluding carboxylic acids is 1. The molecule has 4 rings (SSSR count). The van der Waals surface area contributed by atoms with Crippen molar-refractivity contribution in [1.82, 2.24) is 9.97 Å². The van der Waals surface area contributed by atoms with Crippen molar-refractivity contribution in [1.29, 1.82) is 0 Å². The fourth-order valence-electron chi connectivity index (χ4n) is 3.38. The topological polar surface area (TPSA) is 92.3 Å². The number of carbonyl (C=O) groups is 1. The van der Waals surface area contributed by atoms with Gasteiger partial charge in [-0.2, -0.15) is 0 Å². The van der Waals surface area contributed by atoms with Crippen LogP contribution in [0.3, 0.4) is 0 Å². The number of hydrogen-bond donors (Lipinski definition) is 2. The summed E-state index contributed by atoms with van der Waals surface area (Å²) in [4.78, 5) is 23.7. The molecule has 2 unspecified atom stereocenters. The van der Waals surface area contributed by atoms with Gasteiger partial charge in [-0.05, 0) is 12.5 Å². The van der Waals surface area contributed by atoms with Crippen LogP contribution in [0.15, 0.2) is 35.7 Å². The third-order valence-electron chi connectivity index (χ3n) is 4.49. The average Bonchev–Trinajstić information content (AvgIpc) is 3.18. The van der Waals surface area contributed by atoms with Crippen LogP contribution in [0.25, 0.3) is 21.3 Å². The number of fused-ring (bicyclic) bond motifs is 1. The summed E-state index contributed by atoms with van der Waals surface area (Å²) in [5, 5.41) is 13.0. The number of anilines is 1. The van der Waals surface area contributed by atoms with Crippen LogP contribution in [0.2, 0.25) is 0 Å². The number of aliphatic hydroxyl groups is 1. The summed E-state index contributed by atoms with van der Waals surface area (Å²) in [6, 6.07) is 9.46. The molecule has 0 saturated carbocycles. The third-order valence-corrected chi connectivity index (χ3v) is 5.36. The Balaban J connectivity index is 1.94. The fourth-order valence-corrected chi connectivity index (χ4v) is 4.37. The predicted molar refractivity (Wildman–Crippen MR) is 98.5 cm³/mol. The summed E-state index contributed by atoms with van der Waals surface area (Å²) >= 11 is 1.55. The highest BCUT2D eigenvalue weighted by atomic mass is 32.1. The normalized spacial score (nSPS) is 20.3. The Hall–Kier alpha value is -2.51. The van der Waals surface area contributed by atoms with E-state index in [1.807, 2.05) is 42.2 Å². The van der Waals surface area contributed by atoms with Gasteiger partial charge >= 0.3 is 0 Å². The van der Waals surface area contributed by atoms with E-state index in [-0.39, 0.29) is 0 Å². The first-order valence-corrected chi connectivity index (χ1v) is 8.98. The molecule has 0 aliphatic carbocycles. The average molecular weight is 354 g/mol. The lowest BCUT2D eigenvalue weighted by Crippen LogP contribution is -2.41. The van der Waals surface area contributed by atoms with E-state index < -0.39 is 18.1 Å². The number of aryl methyl sites for hydroxylation is 1. The molecule has 1 aromatic carbocycles. The van der Waals surface area contributed by atoms with Crippen molar-refractivity contribution in [2.45, 2.75) is 25.5 Å². The smallest absolute Gasteiger partial charge is 0.240 e. The van der Waals surface area contributed by atoms with E-state index in [9.17, 15) is 9.90 Å². The molecular weight excluding hydrogens is 336 g/mol. The summed E-state index contributed by atoms with van der Waals surface area (Å²) < 4.78 is 0. The van der Waals surface area contributed by atoms with Gasteiger partial charge in [0, 0.05) is 23.9 Å². The van der Waals surface area contributed by atoms with Crippen molar-refractivity contribution in [3.8, 4) is 11.1 Å². The zero-order valence-corrected chi connectivity index (χ0v) is 14.5. The van der Waals surface area contributed by atoms with Crippen LogP contribution in [0, 0.1) is 6.92 Å². The molecule has 7 heteroatoms. The standard InChI is InChI=1S/C18H18N4O2S/c1-10-20-17(22-8-12(23)7-14(22)16(19)24)15-13(9-25-18(15)21-10)11-5-3-2-4-6-11/h2-6,9,12,14,23H,7-8H2,1H3,(H2,19,24). The lowest BCUT2D eigenvalue weighted by atomic mass is 10.1. The summed E-state index contributed by atoms with van der Waals surface area (Å²) in [7, 11) is 0. The van der Waals surface area contributed by atoms with Gasteiger partial charge in [0.25, 0.3) is 0 Å². The third kappa shape index (κ3) is 2.75. The minimum absolute atomic E-state index is 0.324. The molecule has 1 aliphatic rings. The van der Waals surface area contributed by atoms with Gasteiger partial charge in [0.2, 0.25) is 5.91 Å². The zero-order valence-electron chi connectivity index (χ0n) is 13.7. The molecule has 0 bridgehead atoms. The second-order valence-corrected chi connectivity index (χ2v) is 7.11. The Morgan fingerprint density at radius 1 is 1.32 bits per heavy atom. The number of hydrogen-bond acceptors (Lipinski definition) is 6. The highest BCUT2D eigenvalue weighted by Crippen LogP contribution is 2.40. The molecule has 3 aromatic rings. The minimum Gasteiger partial charge on any atom is -0.391 e. The van der Waals surface area contributed by atoms with Crippen LogP contribution in [-0.4, -0.2) is 39.7 Å². The van der Waals surface area contributed by atoms with Crippen molar-refractivity contribution in [2.75, 3.05) is 11.4 Å².